The smallest absolute Gasteiger partial charge is 0.0702 e. The lowest BCUT2D eigenvalue weighted by Gasteiger charge is -2.08. The summed E-state index contributed by atoms with van der Waals surface area (Å²) in [5.74, 6) is 0. The van der Waals surface area contributed by atoms with Gasteiger partial charge in [0.1, 0.15) is 0 Å². The van der Waals surface area contributed by atoms with E-state index in [-0.39, 0.29) is 6.61 Å². The number of hydrogen-bond donors (Lipinski definition) is 1. The van der Waals surface area contributed by atoms with Gasteiger partial charge >= 0.3 is 0 Å². The number of para-hydroxylation sites is 1. The van der Waals surface area contributed by atoms with Crippen LogP contribution in [-0.4, -0.2) is 14.7 Å². The van der Waals surface area contributed by atoms with Gasteiger partial charge in [-0.2, -0.15) is 0 Å². The van der Waals surface area contributed by atoms with E-state index < -0.39 is 0 Å². The number of rotatable bonds is 5. The predicted molar refractivity (Wildman–Crippen MR) is 96.0 cm³/mol. The van der Waals surface area contributed by atoms with Crippen molar-refractivity contribution in [2.45, 2.75) is 20.1 Å². The highest BCUT2D eigenvalue weighted by atomic mass is 16.3. The molecular weight excluding hydrogens is 284 g/mol. The lowest BCUT2D eigenvalue weighted by molar-refractivity contribution is 0.283. The van der Waals surface area contributed by atoms with Crippen LogP contribution in [0.15, 0.2) is 55.3 Å². The minimum atomic E-state index is 0.0408. The van der Waals surface area contributed by atoms with Crippen LogP contribution in [0.1, 0.15) is 29.4 Å². The Labute approximate surface area is 136 Å². The van der Waals surface area contributed by atoms with Crippen molar-refractivity contribution >= 4 is 23.1 Å². The molecule has 0 aliphatic heterocycles. The molecule has 0 bridgehead atoms. The van der Waals surface area contributed by atoms with Gasteiger partial charge in [0.2, 0.25) is 0 Å². The molecule has 0 radical (unpaired) electrons. The summed E-state index contributed by atoms with van der Waals surface area (Å²) in [6.07, 6.45) is 7.81. The highest BCUT2D eigenvalue weighted by molar-refractivity contribution is 5.83. The van der Waals surface area contributed by atoms with E-state index in [1.807, 2.05) is 49.5 Å². The van der Waals surface area contributed by atoms with Gasteiger partial charge in [-0.3, -0.25) is 4.98 Å². The van der Waals surface area contributed by atoms with Crippen molar-refractivity contribution in [2.24, 2.45) is 0 Å². The van der Waals surface area contributed by atoms with Gasteiger partial charge in [-0.25, -0.2) is 0 Å². The van der Waals surface area contributed by atoms with Gasteiger partial charge in [-0.15, -0.1) is 0 Å². The number of aromatic nitrogens is 2. The first-order valence-electron chi connectivity index (χ1n) is 7.69. The number of allylic oxidation sites excluding steroid dienone is 1. The van der Waals surface area contributed by atoms with Gasteiger partial charge < -0.3 is 9.67 Å². The van der Waals surface area contributed by atoms with Gasteiger partial charge in [-0.05, 0) is 30.7 Å². The first-order valence-corrected chi connectivity index (χ1v) is 7.69. The maximum absolute atomic E-state index is 9.54. The summed E-state index contributed by atoms with van der Waals surface area (Å²) in [6.45, 7) is 6.55. The van der Waals surface area contributed by atoms with Gasteiger partial charge in [0, 0.05) is 22.7 Å². The molecule has 0 aliphatic rings. The van der Waals surface area contributed by atoms with Crippen LogP contribution in [0.2, 0.25) is 0 Å². The maximum atomic E-state index is 9.54. The van der Waals surface area contributed by atoms with E-state index in [1.165, 1.54) is 0 Å². The Balaban J connectivity index is 2.01. The molecule has 0 saturated carbocycles. The van der Waals surface area contributed by atoms with Crippen LogP contribution in [0.3, 0.4) is 0 Å². The number of aliphatic hydroxyl groups is 1. The Morgan fingerprint density at radius 2 is 2.04 bits per heavy atom. The summed E-state index contributed by atoms with van der Waals surface area (Å²) in [6, 6.07) is 12.2. The summed E-state index contributed by atoms with van der Waals surface area (Å²) in [7, 11) is 0. The van der Waals surface area contributed by atoms with E-state index >= 15 is 0 Å². The Bertz CT molecular complexity index is 874. The third-order valence-corrected chi connectivity index (χ3v) is 3.93. The first kappa shape index (κ1) is 15.3. The standard InChI is InChI=1S/C20H20N2O/c1-3-7-15-10-11-17(21-19(15)4-2)13-22-12-16(14-23)18-8-5-6-9-20(18)22/h3-12,23H,2,13-14H2,1H3/b7-3-. The second-order valence-corrected chi connectivity index (χ2v) is 5.44. The second kappa shape index (κ2) is 6.63. The van der Waals surface area contributed by atoms with Gasteiger partial charge in [0.05, 0.1) is 24.5 Å². The summed E-state index contributed by atoms with van der Waals surface area (Å²) >= 11 is 0. The normalized spacial score (nSPS) is 11.4. The third-order valence-electron chi connectivity index (χ3n) is 3.93. The van der Waals surface area contributed by atoms with Crippen molar-refractivity contribution in [2.75, 3.05) is 0 Å². The SMILES string of the molecule is C=Cc1nc(Cn2cc(CO)c3ccccc32)ccc1/C=C\C. The van der Waals surface area contributed by atoms with E-state index in [0.717, 1.165) is 33.4 Å². The Morgan fingerprint density at radius 1 is 1.22 bits per heavy atom. The van der Waals surface area contributed by atoms with Crippen molar-refractivity contribution < 1.29 is 5.11 Å². The molecule has 3 heteroatoms. The van der Waals surface area contributed by atoms with Crippen molar-refractivity contribution in [3.8, 4) is 0 Å². The first-order chi connectivity index (χ1) is 11.3. The number of pyridine rings is 1. The molecule has 3 nitrogen and oxygen atoms in total. The lowest BCUT2D eigenvalue weighted by Crippen LogP contribution is -2.02. The summed E-state index contributed by atoms with van der Waals surface area (Å²) in [4.78, 5) is 4.69. The quantitative estimate of drug-likeness (QED) is 0.765. The van der Waals surface area contributed by atoms with Crippen LogP contribution in [-0.2, 0) is 13.2 Å². The maximum Gasteiger partial charge on any atom is 0.0702 e. The minimum Gasteiger partial charge on any atom is -0.392 e. The number of benzene rings is 1. The molecule has 0 spiro atoms. The lowest BCUT2D eigenvalue weighted by atomic mass is 10.1. The Hall–Kier alpha value is -2.65. The highest BCUT2D eigenvalue weighted by Gasteiger charge is 2.09. The van der Waals surface area contributed by atoms with Crippen molar-refractivity contribution in [1.29, 1.82) is 0 Å². The molecule has 0 saturated heterocycles. The fourth-order valence-electron chi connectivity index (χ4n) is 2.85. The van der Waals surface area contributed by atoms with Crippen molar-refractivity contribution in [1.82, 2.24) is 9.55 Å². The molecule has 0 aliphatic carbocycles. The average molecular weight is 304 g/mol. The Kier molecular flexibility index (Phi) is 4.40. The molecule has 2 heterocycles. The fraction of sp³-hybridized carbons (Fsp3) is 0.150. The molecule has 23 heavy (non-hydrogen) atoms. The third kappa shape index (κ3) is 2.96. The zero-order valence-electron chi connectivity index (χ0n) is 13.2. The van der Waals surface area contributed by atoms with E-state index in [2.05, 4.69) is 23.3 Å². The van der Waals surface area contributed by atoms with Crippen molar-refractivity contribution in [3.05, 3.63) is 77.8 Å². The number of aliphatic hydroxyl groups excluding tert-OH is 1. The zero-order chi connectivity index (χ0) is 16.2. The second-order valence-electron chi connectivity index (χ2n) is 5.44. The average Bonchev–Trinajstić information content (AvgIpc) is 2.94. The monoisotopic (exact) mass is 304 g/mol. The van der Waals surface area contributed by atoms with Crippen LogP contribution in [0.5, 0.6) is 0 Å². The number of hydrogen-bond acceptors (Lipinski definition) is 2. The summed E-state index contributed by atoms with van der Waals surface area (Å²) in [5, 5.41) is 10.6. The van der Waals surface area contributed by atoms with Gasteiger partial charge in [-0.1, -0.05) is 43.0 Å². The molecule has 0 atom stereocenters. The van der Waals surface area contributed by atoms with E-state index in [1.54, 1.807) is 6.08 Å². The number of nitrogens with zero attached hydrogens (tertiary/aromatic N) is 2. The molecule has 116 valence electrons. The molecular formula is C20H20N2O. The summed E-state index contributed by atoms with van der Waals surface area (Å²) in [5.41, 5.74) is 4.98. The van der Waals surface area contributed by atoms with E-state index in [0.29, 0.717) is 6.54 Å². The molecule has 2 aromatic heterocycles. The zero-order valence-corrected chi connectivity index (χ0v) is 13.2. The molecule has 0 unspecified atom stereocenters. The Morgan fingerprint density at radius 3 is 2.78 bits per heavy atom. The van der Waals surface area contributed by atoms with Crippen LogP contribution in [0, 0.1) is 0 Å². The van der Waals surface area contributed by atoms with E-state index in [9.17, 15) is 5.11 Å². The van der Waals surface area contributed by atoms with E-state index in [4.69, 9.17) is 4.98 Å². The van der Waals surface area contributed by atoms with Gasteiger partial charge in [0.25, 0.3) is 0 Å². The predicted octanol–water partition coefficient (Wildman–Crippen LogP) is 4.25. The van der Waals surface area contributed by atoms with Crippen LogP contribution < -0.4 is 0 Å². The van der Waals surface area contributed by atoms with Crippen LogP contribution in [0.4, 0.5) is 0 Å². The summed E-state index contributed by atoms with van der Waals surface area (Å²) < 4.78 is 2.13. The molecule has 0 fully saturated rings. The minimum absolute atomic E-state index is 0.0408. The topological polar surface area (TPSA) is 38.0 Å². The molecule has 3 aromatic rings. The largest absolute Gasteiger partial charge is 0.392 e. The van der Waals surface area contributed by atoms with Gasteiger partial charge in [0.15, 0.2) is 0 Å². The van der Waals surface area contributed by atoms with Crippen LogP contribution in [0.25, 0.3) is 23.1 Å². The number of fused-ring (bicyclic) bond motifs is 1. The van der Waals surface area contributed by atoms with Crippen LogP contribution >= 0.6 is 0 Å². The fourth-order valence-corrected chi connectivity index (χ4v) is 2.85. The molecule has 0 amide bonds. The molecule has 3 rings (SSSR count). The highest BCUT2D eigenvalue weighted by Crippen LogP contribution is 2.22. The van der Waals surface area contributed by atoms with Crippen molar-refractivity contribution in [3.63, 3.8) is 0 Å². The molecule has 1 N–H and O–H groups in total. The molecule has 1 aromatic carbocycles.